The van der Waals surface area contributed by atoms with E-state index in [2.05, 4.69) is 13.0 Å². The third-order valence-electron chi connectivity index (χ3n) is 3.45. The summed E-state index contributed by atoms with van der Waals surface area (Å²) in [6, 6.07) is 2.14. The van der Waals surface area contributed by atoms with Crippen LogP contribution in [0.4, 0.5) is 5.00 Å². The number of aldehydes is 1. The quantitative estimate of drug-likeness (QED) is 0.759. The van der Waals surface area contributed by atoms with E-state index in [4.69, 9.17) is 11.0 Å². The Labute approximate surface area is 98.9 Å². The number of nitrogens with two attached hydrogens (primary N) is 1. The van der Waals surface area contributed by atoms with Gasteiger partial charge in [0.2, 0.25) is 0 Å². The molecule has 3 nitrogen and oxygen atoms in total. The first-order valence-electron chi connectivity index (χ1n) is 5.32. The number of fused-ring (bicyclic) bond motifs is 1. The largest absolute Gasteiger partial charge is 0.389 e. The lowest BCUT2D eigenvalue weighted by atomic mass is 9.71. The van der Waals surface area contributed by atoms with E-state index < -0.39 is 5.41 Å². The summed E-state index contributed by atoms with van der Waals surface area (Å²) in [5, 5.41) is 9.69. The maximum Gasteiger partial charge on any atom is 0.130 e. The molecule has 2 N–H and O–H groups in total. The highest BCUT2D eigenvalue weighted by Crippen LogP contribution is 2.48. The van der Waals surface area contributed by atoms with Gasteiger partial charge >= 0.3 is 0 Å². The van der Waals surface area contributed by atoms with Crippen LogP contribution in [0.2, 0.25) is 0 Å². The molecule has 84 valence electrons. The molecule has 1 aliphatic carbocycles. The van der Waals surface area contributed by atoms with E-state index in [1.54, 1.807) is 0 Å². The van der Waals surface area contributed by atoms with Gasteiger partial charge in [0.1, 0.15) is 17.4 Å². The maximum atomic E-state index is 11.3. The van der Waals surface area contributed by atoms with Gasteiger partial charge < -0.3 is 10.5 Å². The van der Waals surface area contributed by atoms with Crippen LogP contribution < -0.4 is 5.73 Å². The molecule has 0 aromatic carbocycles. The lowest BCUT2D eigenvalue weighted by Gasteiger charge is -2.32. The fourth-order valence-electron chi connectivity index (χ4n) is 2.38. The monoisotopic (exact) mass is 234 g/mol. The molecule has 0 bridgehead atoms. The van der Waals surface area contributed by atoms with Crippen molar-refractivity contribution in [3.63, 3.8) is 0 Å². The van der Waals surface area contributed by atoms with Gasteiger partial charge in [0, 0.05) is 4.88 Å². The van der Waals surface area contributed by atoms with Crippen LogP contribution in [0.15, 0.2) is 0 Å². The van der Waals surface area contributed by atoms with E-state index in [9.17, 15) is 4.79 Å². The third-order valence-corrected chi connectivity index (χ3v) is 4.70. The zero-order chi connectivity index (χ0) is 11.9. The molecule has 0 radical (unpaired) electrons. The van der Waals surface area contributed by atoms with Crippen LogP contribution in [-0.2, 0) is 10.2 Å². The van der Waals surface area contributed by atoms with Crippen molar-refractivity contribution in [1.82, 2.24) is 0 Å². The zero-order valence-electron chi connectivity index (χ0n) is 9.41. The molecule has 1 aromatic heterocycles. The summed E-state index contributed by atoms with van der Waals surface area (Å²) in [7, 11) is 0. The fraction of sp³-hybridized carbons (Fsp3) is 0.500. The molecule has 16 heavy (non-hydrogen) atoms. The topological polar surface area (TPSA) is 66.9 Å². The van der Waals surface area contributed by atoms with E-state index in [1.807, 2.05) is 6.92 Å². The van der Waals surface area contributed by atoms with Gasteiger partial charge in [0.15, 0.2) is 0 Å². The summed E-state index contributed by atoms with van der Waals surface area (Å²) in [6.07, 6.45) is 2.74. The number of anilines is 1. The van der Waals surface area contributed by atoms with Gasteiger partial charge in [-0.25, -0.2) is 0 Å². The second-order valence-corrected chi connectivity index (χ2v) is 5.75. The highest BCUT2D eigenvalue weighted by molar-refractivity contribution is 7.16. The number of nitriles is 1. The smallest absolute Gasteiger partial charge is 0.130 e. The number of nitrogen functional groups attached to an aromatic ring is 1. The molecule has 0 saturated carbocycles. The average Bonchev–Trinajstić information content (AvgIpc) is 2.62. The van der Waals surface area contributed by atoms with E-state index in [0.29, 0.717) is 16.5 Å². The molecule has 1 aromatic rings. The lowest BCUT2D eigenvalue weighted by molar-refractivity contribution is -0.112. The third kappa shape index (κ3) is 1.35. The van der Waals surface area contributed by atoms with Crippen LogP contribution in [0.3, 0.4) is 0 Å². The second-order valence-electron chi connectivity index (χ2n) is 4.67. The first-order valence-corrected chi connectivity index (χ1v) is 6.14. The van der Waals surface area contributed by atoms with Crippen molar-refractivity contribution < 1.29 is 4.79 Å². The zero-order valence-corrected chi connectivity index (χ0v) is 10.2. The van der Waals surface area contributed by atoms with Crippen LogP contribution in [0, 0.1) is 11.3 Å². The number of hydrogen-bond donors (Lipinski definition) is 1. The number of carbonyl (C=O) groups excluding carboxylic acids is 1. The van der Waals surface area contributed by atoms with E-state index in [1.165, 1.54) is 11.3 Å². The molecule has 2 rings (SSSR count). The maximum absolute atomic E-state index is 11.3. The summed E-state index contributed by atoms with van der Waals surface area (Å²) >= 11 is 1.46. The molecule has 0 saturated heterocycles. The Hall–Kier alpha value is -1.34. The summed E-state index contributed by atoms with van der Waals surface area (Å²) in [4.78, 5) is 12.4. The van der Waals surface area contributed by atoms with E-state index in [0.717, 1.165) is 29.6 Å². The van der Waals surface area contributed by atoms with Crippen LogP contribution in [-0.4, -0.2) is 6.29 Å². The molecular weight excluding hydrogens is 220 g/mol. The normalized spacial score (nSPS) is 28.2. The van der Waals surface area contributed by atoms with Crippen LogP contribution in [0.25, 0.3) is 0 Å². The van der Waals surface area contributed by atoms with Crippen LogP contribution in [0.5, 0.6) is 0 Å². The van der Waals surface area contributed by atoms with Gasteiger partial charge in [0.05, 0.1) is 11.0 Å². The van der Waals surface area contributed by atoms with Crippen LogP contribution >= 0.6 is 11.3 Å². The molecule has 0 amide bonds. The van der Waals surface area contributed by atoms with Gasteiger partial charge in [-0.15, -0.1) is 11.3 Å². The average molecular weight is 234 g/mol. The number of nitrogens with zero attached hydrogens (tertiary/aromatic N) is 1. The Morgan fingerprint density at radius 3 is 2.94 bits per heavy atom. The molecular formula is C12H14N2OS. The van der Waals surface area contributed by atoms with Crippen molar-refractivity contribution in [2.24, 2.45) is 0 Å². The molecule has 0 spiro atoms. The Balaban J connectivity index is 2.73. The first kappa shape index (κ1) is 11.2. The Morgan fingerprint density at radius 2 is 2.38 bits per heavy atom. The van der Waals surface area contributed by atoms with E-state index >= 15 is 0 Å². The van der Waals surface area contributed by atoms with Crippen LogP contribution in [0.1, 0.15) is 48.6 Å². The van der Waals surface area contributed by atoms with Crippen molar-refractivity contribution in [3.05, 3.63) is 16.0 Å². The molecule has 0 fully saturated rings. The van der Waals surface area contributed by atoms with Crippen molar-refractivity contribution in [1.29, 1.82) is 5.26 Å². The van der Waals surface area contributed by atoms with Gasteiger partial charge in [-0.05, 0) is 31.2 Å². The molecule has 2 atom stereocenters. The van der Waals surface area contributed by atoms with Crippen molar-refractivity contribution in [3.8, 4) is 6.07 Å². The van der Waals surface area contributed by atoms with Gasteiger partial charge in [0.25, 0.3) is 0 Å². The van der Waals surface area contributed by atoms with Gasteiger partial charge in [-0.2, -0.15) is 5.26 Å². The summed E-state index contributed by atoms with van der Waals surface area (Å²) < 4.78 is 0. The summed E-state index contributed by atoms with van der Waals surface area (Å²) in [5.74, 6) is 0.400. The van der Waals surface area contributed by atoms with E-state index in [-0.39, 0.29) is 0 Å². The SMILES string of the molecule is CC1CCC(C)(C=O)c2c1sc(N)c2C#N. The summed E-state index contributed by atoms with van der Waals surface area (Å²) in [5.41, 5.74) is 6.72. The molecule has 2 unspecified atom stereocenters. The number of thiophene rings is 1. The lowest BCUT2D eigenvalue weighted by Crippen LogP contribution is -2.30. The second kappa shape index (κ2) is 3.60. The van der Waals surface area contributed by atoms with Crippen molar-refractivity contribution >= 4 is 22.6 Å². The number of rotatable bonds is 1. The Kier molecular flexibility index (Phi) is 2.51. The Morgan fingerprint density at radius 1 is 1.69 bits per heavy atom. The predicted molar refractivity (Wildman–Crippen MR) is 64.5 cm³/mol. The predicted octanol–water partition coefficient (Wildman–Crippen LogP) is 2.56. The van der Waals surface area contributed by atoms with Gasteiger partial charge in [-0.1, -0.05) is 6.92 Å². The van der Waals surface area contributed by atoms with Crippen molar-refractivity contribution in [2.45, 2.75) is 38.0 Å². The first-order chi connectivity index (χ1) is 7.53. The number of carbonyl (C=O) groups is 1. The minimum absolute atomic E-state index is 0.400. The minimum Gasteiger partial charge on any atom is -0.389 e. The minimum atomic E-state index is -0.527. The molecule has 4 heteroatoms. The standard InChI is InChI=1S/C12H14N2OS/c1-7-3-4-12(2,6-15)9-8(5-13)11(14)16-10(7)9/h6-7H,3-4,14H2,1-2H3. The molecule has 1 aliphatic rings. The highest BCUT2D eigenvalue weighted by atomic mass is 32.1. The van der Waals surface area contributed by atoms with Crippen molar-refractivity contribution in [2.75, 3.05) is 5.73 Å². The van der Waals surface area contributed by atoms with Gasteiger partial charge in [-0.3, -0.25) is 0 Å². The fourth-order valence-corrected chi connectivity index (χ4v) is 3.63. The Bertz CT molecular complexity index is 486. The number of hydrogen-bond acceptors (Lipinski definition) is 4. The molecule has 1 heterocycles. The summed E-state index contributed by atoms with van der Waals surface area (Å²) in [6.45, 7) is 4.03. The molecule has 0 aliphatic heterocycles. The highest BCUT2D eigenvalue weighted by Gasteiger charge is 2.39.